The van der Waals surface area contributed by atoms with E-state index in [4.69, 9.17) is 4.74 Å². The zero-order chi connectivity index (χ0) is 18.6. The Bertz CT molecular complexity index is 812. The first-order valence-corrected chi connectivity index (χ1v) is 7.27. The summed E-state index contributed by atoms with van der Waals surface area (Å²) in [6.45, 7) is 0. The van der Waals surface area contributed by atoms with Gasteiger partial charge in [0.1, 0.15) is 6.10 Å². The zero-order valence-corrected chi connectivity index (χ0v) is 12.9. The SMILES string of the molecule is COc1ccc(-n2cc(C(F)(F)F)c3c2CCC(F)(F)C3O)cc1F. The van der Waals surface area contributed by atoms with Crippen molar-refractivity contribution >= 4 is 0 Å². The van der Waals surface area contributed by atoms with Crippen LogP contribution in [0.3, 0.4) is 0 Å². The fourth-order valence-electron chi connectivity index (χ4n) is 3.02. The third-order valence-corrected chi connectivity index (χ3v) is 4.24. The second kappa shape index (κ2) is 5.69. The van der Waals surface area contributed by atoms with Crippen LogP contribution >= 0.6 is 0 Å². The van der Waals surface area contributed by atoms with Gasteiger partial charge in [0.05, 0.1) is 12.7 Å². The Hall–Kier alpha value is -2.16. The van der Waals surface area contributed by atoms with Gasteiger partial charge in [-0.2, -0.15) is 13.2 Å². The highest BCUT2D eigenvalue weighted by Crippen LogP contribution is 2.48. The normalized spacial score (nSPS) is 19.6. The number of aliphatic hydroxyl groups is 1. The third-order valence-electron chi connectivity index (χ3n) is 4.24. The molecule has 0 bridgehead atoms. The summed E-state index contributed by atoms with van der Waals surface area (Å²) in [4.78, 5) is 0. The van der Waals surface area contributed by atoms with Crippen LogP contribution in [-0.2, 0) is 12.6 Å². The molecule has 1 aromatic heterocycles. The van der Waals surface area contributed by atoms with Crippen LogP contribution in [0.25, 0.3) is 5.69 Å². The number of aromatic nitrogens is 1. The highest BCUT2D eigenvalue weighted by molar-refractivity contribution is 5.48. The van der Waals surface area contributed by atoms with Crippen molar-refractivity contribution in [1.29, 1.82) is 0 Å². The molecule has 0 amide bonds. The number of hydrogen-bond donors (Lipinski definition) is 1. The quantitative estimate of drug-likeness (QED) is 0.807. The van der Waals surface area contributed by atoms with E-state index in [0.717, 1.165) is 10.6 Å². The minimum atomic E-state index is -4.94. The maximum Gasteiger partial charge on any atom is 0.418 e. The Morgan fingerprint density at radius 3 is 2.52 bits per heavy atom. The molecule has 1 heterocycles. The molecule has 1 atom stereocenters. The van der Waals surface area contributed by atoms with Crippen molar-refractivity contribution in [3.05, 3.63) is 47.0 Å². The van der Waals surface area contributed by atoms with Gasteiger partial charge in [-0.1, -0.05) is 0 Å². The van der Waals surface area contributed by atoms with E-state index in [1.54, 1.807) is 0 Å². The molecule has 25 heavy (non-hydrogen) atoms. The van der Waals surface area contributed by atoms with E-state index in [1.165, 1.54) is 19.2 Å². The third kappa shape index (κ3) is 2.86. The second-order valence-electron chi connectivity index (χ2n) is 5.75. The summed E-state index contributed by atoms with van der Waals surface area (Å²) in [7, 11) is 1.23. The zero-order valence-electron chi connectivity index (χ0n) is 12.9. The first-order chi connectivity index (χ1) is 11.6. The van der Waals surface area contributed by atoms with Crippen molar-refractivity contribution in [1.82, 2.24) is 4.57 Å². The van der Waals surface area contributed by atoms with E-state index in [0.29, 0.717) is 6.20 Å². The van der Waals surface area contributed by atoms with Crippen LogP contribution < -0.4 is 4.74 Å². The number of fused-ring (bicyclic) bond motifs is 1. The number of halogens is 6. The van der Waals surface area contributed by atoms with Crippen LogP contribution in [0, 0.1) is 5.82 Å². The molecule has 0 radical (unpaired) electrons. The molecule has 0 saturated carbocycles. The van der Waals surface area contributed by atoms with Crippen LogP contribution in [0.15, 0.2) is 24.4 Å². The molecular weight excluding hydrogens is 352 g/mol. The summed E-state index contributed by atoms with van der Waals surface area (Å²) in [5.41, 5.74) is -2.32. The Morgan fingerprint density at radius 1 is 1.28 bits per heavy atom. The van der Waals surface area contributed by atoms with Crippen LogP contribution in [-0.4, -0.2) is 22.7 Å². The summed E-state index contributed by atoms with van der Waals surface area (Å²) in [6, 6.07) is 3.47. The Balaban J connectivity index is 2.22. The number of hydrogen-bond acceptors (Lipinski definition) is 2. The molecule has 0 spiro atoms. The first kappa shape index (κ1) is 17.7. The largest absolute Gasteiger partial charge is 0.494 e. The van der Waals surface area contributed by atoms with E-state index in [1.807, 2.05) is 0 Å². The van der Waals surface area contributed by atoms with E-state index < -0.39 is 41.6 Å². The monoisotopic (exact) mass is 365 g/mol. The average Bonchev–Trinajstić information content (AvgIpc) is 2.91. The minimum absolute atomic E-state index is 0.0162. The number of aliphatic hydroxyl groups excluding tert-OH is 1. The number of methoxy groups -OCH3 is 1. The van der Waals surface area contributed by atoms with Gasteiger partial charge >= 0.3 is 6.18 Å². The molecule has 0 aliphatic heterocycles. The molecule has 0 saturated heterocycles. The molecule has 2 aromatic rings. The summed E-state index contributed by atoms with van der Waals surface area (Å²) in [6.07, 6.45) is -8.09. The van der Waals surface area contributed by atoms with Crippen molar-refractivity contribution in [3.63, 3.8) is 0 Å². The molecule has 1 aromatic carbocycles. The topological polar surface area (TPSA) is 34.4 Å². The van der Waals surface area contributed by atoms with Gasteiger partial charge in [0.2, 0.25) is 0 Å². The lowest BCUT2D eigenvalue weighted by Crippen LogP contribution is -2.33. The minimum Gasteiger partial charge on any atom is -0.494 e. The lowest BCUT2D eigenvalue weighted by atomic mass is 9.89. The Kier molecular flexibility index (Phi) is 4.02. The lowest BCUT2D eigenvalue weighted by Gasteiger charge is -2.29. The maximum absolute atomic E-state index is 13.9. The fraction of sp³-hybridized carbons (Fsp3) is 0.375. The summed E-state index contributed by atoms with van der Waals surface area (Å²) >= 11 is 0. The molecular formula is C16H13F6NO2. The molecule has 1 unspecified atom stereocenters. The van der Waals surface area contributed by atoms with Gasteiger partial charge in [0.15, 0.2) is 11.6 Å². The fourth-order valence-corrected chi connectivity index (χ4v) is 3.02. The van der Waals surface area contributed by atoms with Crippen molar-refractivity contribution < 1.29 is 36.2 Å². The van der Waals surface area contributed by atoms with Gasteiger partial charge in [-0.3, -0.25) is 0 Å². The lowest BCUT2D eigenvalue weighted by molar-refractivity contribution is -0.147. The van der Waals surface area contributed by atoms with Crippen LogP contribution in [0.4, 0.5) is 26.3 Å². The highest BCUT2D eigenvalue weighted by Gasteiger charge is 2.50. The Labute approximate surface area is 138 Å². The summed E-state index contributed by atoms with van der Waals surface area (Å²) in [5, 5.41) is 9.77. The number of benzene rings is 1. The van der Waals surface area contributed by atoms with Crippen molar-refractivity contribution in [3.8, 4) is 11.4 Å². The van der Waals surface area contributed by atoms with Gasteiger partial charge < -0.3 is 14.4 Å². The van der Waals surface area contributed by atoms with Crippen molar-refractivity contribution in [2.45, 2.75) is 31.0 Å². The average molecular weight is 365 g/mol. The van der Waals surface area contributed by atoms with Gasteiger partial charge in [-0.05, 0) is 18.6 Å². The van der Waals surface area contributed by atoms with Crippen molar-refractivity contribution in [2.24, 2.45) is 0 Å². The number of ether oxygens (including phenoxy) is 1. The highest BCUT2D eigenvalue weighted by atomic mass is 19.4. The summed E-state index contributed by atoms with van der Waals surface area (Å²) in [5.74, 6) is -4.57. The van der Waals surface area contributed by atoms with E-state index in [2.05, 4.69) is 0 Å². The van der Waals surface area contributed by atoms with E-state index >= 15 is 0 Å². The predicted molar refractivity (Wildman–Crippen MR) is 75.5 cm³/mol. The van der Waals surface area contributed by atoms with E-state index in [9.17, 15) is 31.4 Å². The number of nitrogens with zero attached hydrogens (tertiary/aromatic N) is 1. The number of rotatable bonds is 2. The molecule has 1 aliphatic carbocycles. The van der Waals surface area contributed by atoms with Gasteiger partial charge in [0.25, 0.3) is 5.92 Å². The Morgan fingerprint density at radius 2 is 1.96 bits per heavy atom. The molecule has 1 aliphatic rings. The molecule has 136 valence electrons. The number of alkyl halides is 5. The molecule has 9 heteroatoms. The van der Waals surface area contributed by atoms with Crippen LogP contribution in [0.2, 0.25) is 0 Å². The predicted octanol–water partition coefficient (Wildman–Crippen LogP) is 4.26. The smallest absolute Gasteiger partial charge is 0.418 e. The van der Waals surface area contributed by atoms with Crippen LogP contribution in [0.1, 0.15) is 29.3 Å². The van der Waals surface area contributed by atoms with Gasteiger partial charge in [0, 0.05) is 35.6 Å². The summed E-state index contributed by atoms with van der Waals surface area (Å²) < 4.78 is 86.8. The molecule has 3 rings (SSSR count). The maximum atomic E-state index is 13.9. The van der Waals surface area contributed by atoms with Gasteiger partial charge in [-0.15, -0.1) is 0 Å². The molecule has 1 N–H and O–H groups in total. The standard InChI is InChI=1S/C16H13F6NO2/c1-25-12-3-2-8(6-10(12)17)23-7-9(16(20,21)22)13-11(23)4-5-15(18,19)14(13)24/h2-3,6-7,14,24H,4-5H2,1H3. The van der Waals surface area contributed by atoms with Crippen molar-refractivity contribution in [2.75, 3.05) is 7.11 Å². The molecule has 3 nitrogen and oxygen atoms in total. The van der Waals surface area contributed by atoms with Gasteiger partial charge in [-0.25, -0.2) is 13.2 Å². The van der Waals surface area contributed by atoms with E-state index in [-0.39, 0.29) is 23.6 Å². The van der Waals surface area contributed by atoms with Crippen LogP contribution in [0.5, 0.6) is 5.75 Å². The first-order valence-electron chi connectivity index (χ1n) is 7.27. The molecule has 0 fully saturated rings. The second-order valence-corrected chi connectivity index (χ2v) is 5.75.